The maximum atomic E-state index is 13.4. The summed E-state index contributed by atoms with van der Waals surface area (Å²) in [5.41, 5.74) is 1.85. The molecule has 0 N–H and O–H groups in total. The van der Waals surface area contributed by atoms with E-state index in [1.165, 1.54) is 0 Å². The summed E-state index contributed by atoms with van der Waals surface area (Å²) in [5.74, 6) is 1.44. The Hall–Kier alpha value is -3.01. The van der Waals surface area contributed by atoms with Gasteiger partial charge in [0.25, 0.3) is 0 Å². The number of benzene rings is 3. The summed E-state index contributed by atoms with van der Waals surface area (Å²) in [4.78, 5) is 15.2. The predicted octanol–water partition coefficient (Wildman–Crippen LogP) is 4.77. The molecule has 4 nitrogen and oxygen atoms in total. The molecule has 27 heavy (non-hydrogen) atoms. The van der Waals surface area contributed by atoms with E-state index in [1.807, 2.05) is 73.3 Å². The Morgan fingerprint density at radius 2 is 1.85 bits per heavy atom. The number of carbonyl (C=O) groups excluding carboxylic acids is 1. The fourth-order valence-corrected chi connectivity index (χ4v) is 3.63. The quantitative estimate of drug-likeness (QED) is 0.675. The van der Waals surface area contributed by atoms with Crippen LogP contribution in [-0.2, 0) is 4.79 Å². The largest absolute Gasteiger partial charge is 0.497 e. The Kier molecular flexibility index (Phi) is 4.48. The van der Waals surface area contributed by atoms with Crippen LogP contribution in [-0.4, -0.2) is 25.7 Å². The lowest BCUT2D eigenvalue weighted by molar-refractivity contribution is -0.120. The molecule has 1 aliphatic heterocycles. The summed E-state index contributed by atoms with van der Waals surface area (Å²) in [5, 5.41) is 2.20. The lowest BCUT2D eigenvalue weighted by Crippen LogP contribution is -2.46. The van der Waals surface area contributed by atoms with Crippen molar-refractivity contribution < 1.29 is 14.3 Å². The molecule has 3 aromatic carbocycles. The zero-order chi connectivity index (χ0) is 19.0. The minimum absolute atomic E-state index is 0.000400. The van der Waals surface area contributed by atoms with Gasteiger partial charge in [0.2, 0.25) is 5.91 Å². The lowest BCUT2D eigenvalue weighted by atomic mass is 9.95. The molecule has 0 fully saturated rings. The van der Waals surface area contributed by atoms with Crippen molar-refractivity contribution in [1.82, 2.24) is 0 Å². The number of amides is 1. The SMILES string of the molecule is COc1ccc2cc([C@@H](C)C(=O)N3c4ccccc4OC[C@H]3C)ccc2c1. The maximum absolute atomic E-state index is 13.4. The van der Waals surface area contributed by atoms with Crippen LogP contribution in [0, 0.1) is 0 Å². The molecule has 1 aliphatic rings. The molecule has 0 spiro atoms. The molecule has 1 heterocycles. The van der Waals surface area contributed by atoms with Crippen molar-refractivity contribution in [3.05, 3.63) is 66.2 Å². The smallest absolute Gasteiger partial charge is 0.234 e. The van der Waals surface area contributed by atoms with Gasteiger partial charge >= 0.3 is 0 Å². The van der Waals surface area contributed by atoms with E-state index in [-0.39, 0.29) is 17.9 Å². The van der Waals surface area contributed by atoms with E-state index < -0.39 is 0 Å². The molecule has 0 aliphatic carbocycles. The van der Waals surface area contributed by atoms with Crippen LogP contribution in [0.15, 0.2) is 60.7 Å². The van der Waals surface area contributed by atoms with Gasteiger partial charge in [-0.1, -0.05) is 36.4 Å². The van der Waals surface area contributed by atoms with Crippen LogP contribution in [0.1, 0.15) is 25.3 Å². The Morgan fingerprint density at radius 1 is 1.11 bits per heavy atom. The van der Waals surface area contributed by atoms with Crippen LogP contribution in [0.3, 0.4) is 0 Å². The first-order chi connectivity index (χ1) is 13.1. The molecule has 0 bridgehead atoms. The van der Waals surface area contributed by atoms with Gasteiger partial charge in [-0.2, -0.15) is 0 Å². The fraction of sp³-hybridized carbons (Fsp3) is 0.261. The number of anilines is 1. The summed E-state index contributed by atoms with van der Waals surface area (Å²) in [6, 6.07) is 19.9. The highest BCUT2D eigenvalue weighted by Gasteiger charge is 2.32. The van der Waals surface area contributed by atoms with Gasteiger partial charge in [-0.25, -0.2) is 0 Å². The highest BCUT2D eigenvalue weighted by atomic mass is 16.5. The first kappa shape index (κ1) is 17.4. The van der Waals surface area contributed by atoms with Crippen LogP contribution < -0.4 is 14.4 Å². The summed E-state index contributed by atoms with van der Waals surface area (Å²) < 4.78 is 11.1. The van der Waals surface area contributed by atoms with Gasteiger partial charge < -0.3 is 14.4 Å². The van der Waals surface area contributed by atoms with Gasteiger partial charge in [0.15, 0.2) is 0 Å². The minimum Gasteiger partial charge on any atom is -0.497 e. The van der Waals surface area contributed by atoms with Crippen LogP contribution in [0.2, 0.25) is 0 Å². The average Bonchev–Trinajstić information content (AvgIpc) is 2.71. The van der Waals surface area contributed by atoms with Crippen LogP contribution >= 0.6 is 0 Å². The topological polar surface area (TPSA) is 38.8 Å². The zero-order valence-corrected chi connectivity index (χ0v) is 15.8. The number of hydrogen-bond acceptors (Lipinski definition) is 3. The van der Waals surface area contributed by atoms with Crippen LogP contribution in [0.4, 0.5) is 5.69 Å². The third-order valence-corrected chi connectivity index (χ3v) is 5.22. The van der Waals surface area contributed by atoms with Crippen molar-refractivity contribution in [3.8, 4) is 11.5 Å². The highest BCUT2D eigenvalue weighted by Crippen LogP contribution is 2.36. The van der Waals surface area contributed by atoms with Gasteiger partial charge in [0, 0.05) is 0 Å². The van der Waals surface area contributed by atoms with E-state index in [2.05, 4.69) is 6.07 Å². The lowest BCUT2D eigenvalue weighted by Gasteiger charge is -2.36. The summed E-state index contributed by atoms with van der Waals surface area (Å²) in [6.45, 7) is 4.50. The standard InChI is InChI=1S/C23H23NO3/c1-15-14-27-22-7-5-4-6-21(22)24(15)23(25)16(2)17-8-9-19-13-20(26-3)11-10-18(19)12-17/h4-13,15-16H,14H2,1-3H3/t15-,16-/m1/s1. The molecule has 138 valence electrons. The zero-order valence-electron chi connectivity index (χ0n) is 15.8. The molecule has 4 rings (SSSR count). The van der Waals surface area contributed by atoms with Crippen molar-refractivity contribution >= 4 is 22.4 Å². The number of para-hydroxylation sites is 2. The normalized spacial score (nSPS) is 17.1. The Morgan fingerprint density at radius 3 is 2.67 bits per heavy atom. The van der Waals surface area contributed by atoms with Crippen molar-refractivity contribution in [1.29, 1.82) is 0 Å². The first-order valence-electron chi connectivity index (χ1n) is 9.21. The van der Waals surface area contributed by atoms with E-state index in [0.717, 1.165) is 33.5 Å². The van der Waals surface area contributed by atoms with E-state index in [1.54, 1.807) is 7.11 Å². The molecule has 0 saturated carbocycles. The number of hydrogen-bond donors (Lipinski definition) is 0. The second-order valence-electron chi connectivity index (χ2n) is 7.03. The minimum atomic E-state index is -0.245. The van der Waals surface area contributed by atoms with Gasteiger partial charge in [-0.3, -0.25) is 4.79 Å². The summed E-state index contributed by atoms with van der Waals surface area (Å²) in [7, 11) is 1.66. The first-order valence-corrected chi connectivity index (χ1v) is 9.21. The molecule has 0 unspecified atom stereocenters. The fourth-order valence-electron chi connectivity index (χ4n) is 3.63. The number of ether oxygens (including phenoxy) is 2. The van der Waals surface area contributed by atoms with E-state index in [4.69, 9.17) is 9.47 Å². The Bertz CT molecular complexity index is 998. The van der Waals surface area contributed by atoms with Gasteiger partial charge in [-0.05, 0) is 54.4 Å². The molecular weight excluding hydrogens is 338 g/mol. The van der Waals surface area contributed by atoms with Gasteiger partial charge in [0.1, 0.15) is 18.1 Å². The molecule has 4 heteroatoms. The molecule has 0 saturated heterocycles. The summed E-state index contributed by atoms with van der Waals surface area (Å²) >= 11 is 0. The number of rotatable bonds is 3. The van der Waals surface area contributed by atoms with Crippen LogP contribution in [0.25, 0.3) is 10.8 Å². The van der Waals surface area contributed by atoms with Crippen molar-refractivity contribution in [2.75, 3.05) is 18.6 Å². The van der Waals surface area contributed by atoms with Gasteiger partial charge in [-0.15, -0.1) is 0 Å². The second kappa shape index (κ2) is 6.95. The summed E-state index contributed by atoms with van der Waals surface area (Å²) in [6.07, 6.45) is 0. The second-order valence-corrected chi connectivity index (χ2v) is 7.03. The third kappa shape index (κ3) is 3.12. The molecule has 1 amide bonds. The monoisotopic (exact) mass is 361 g/mol. The van der Waals surface area contributed by atoms with E-state index in [0.29, 0.717) is 6.61 Å². The average molecular weight is 361 g/mol. The maximum Gasteiger partial charge on any atom is 0.234 e. The van der Waals surface area contributed by atoms with E-state index in [9.17, 15) is 4.79 Å². The molecule has 0 aromatic heterocycles. The van der Waals surface area contributed by atoms with Crippen molar-refractivity contribution in [2.45, 2.75) is 25.8 Å². The molecule has 3 aromatic rings. The molecule has 0 radical (unpaired) electrons. The van der Waals surface area contributed by atoms with Gasteiger partial charge in [0.05, 0.1) is 24.8 Å². The predicted molar refractivity (Wildman–Crippen MR) is 108 cm³/mol. The number of fused-ring (bicyclic) bond motifs is 2. The third-order valence-electron chi connectivity index (χ3n) is 5.22. The highest BCUT2D eigenvalue weighted by molar-refractivity contribution is 6.00. The van der Waals surface area contributed by atoms with Crippen molar-refractivity contribution in [2.24, 2.45) is 0 Å². The van der Waals surface area contributed by atoms with Crippen molar-refractivity contribution in [3.63, 3.8) is 0 Å². The number of methoxy groups -OCH3 is 1. The molecule has 2 atom stereocenters. The Labute approximate surface area is 159 Å². The molecular formula is C23H23NO3. The van der Waals surface area contributed by atoms with E-state index >= 15 is 0 Å². The number of carbonyl (C=O) groups is 1. The van der Waals surface area contributed by atoms with Crippen LogP contribution in [0.5, 0.6) is 11.5 Å². The Balaban J connectivity index is 1.67. The number of nitrogens with zero attached hydrogens (tertiary/aromatic N) is 1.